The fraction of sp³-hybridized carbons (Fsp3) is 0.632. The Hall–Kier alpha value is -2.29. The standard InChI is InChI=1S/C19H25N3O3/c1-13-3-6-15(7-4-13)22(16-8-9-16)18(24)12-21-17(23)10-5-14(11-20)19(21)25-2/h5,10,13,15-16H,3-4,6-9,12H2,1-2H3. The number of carbonyl (C=O) groups excluding carboxylic acids is 1. The van der Waals surface area contributed by atoms with Crippen molar-refractivity contribution in [3.8, 4) is 11.9 Å². The van der Waals surface area contributed by atoms with Crippen molar-refractivity contribution in [3.63, 3.8) is 0 Å². The summed E-state index contributed by atoms with van der Waals surface area (Å²) in [6.07, 6.45) is 6.45. The number of ether oxygens (including phenoxy) is 1. The Labute approximate surface area is 148 Å². The van der Waals surface area contributed by atoms with Gasteiger partial charge < -0.3 is 9.64 Å². The van der Waals surface area contributed by atoms with Gasteiger partial charge in [0.1, 0.15) is 18.2 Å². The Kier molecular flexibility index (Phi) is 5.12. The maximum absolute atomic E-state index is 13.0. The number of nitrogens with zero attached hydrogens (tertiary/aromatic N) is 3. The highest BCUT2D eigenvalue weighted by Crippen LogP contribution is 2.35. The molecule has 2 fully saturated rings. The van der Waals surface area contributed by atoms with Gasteiger partial charge in [-0.3, -0.25) is 14.2 Å². The predicted octanol–water partition coefficient (Wildman–Crippen LogP) is 2.30. The van der Waals surface area contributed by atoms with E-state index < -0.39 is 0 Å². The Morgan fingerprint density at radius 3 is 2.36 bits per heavy atom. The quantitative estimate of drug-likeness (QED) is 0.822. The Balaban J connectivity index is 1.83. The van der Waals surface area contributed by atoms with Gasteiger partial charge in [-0.15, -0.1) is 0 Å². The molecule has 2 aliphatic rings. The monoisotopic (exact) mass is 343 g/mol. The van der Waals surface area contributed by atoms with Crippen molar-refractivity contribution in [2.24, 2.45) is 5.92 Å². The SMILES string of the molecule is COc1c(C#N)ccc(=O)n1CC(=O)N(C1CCC(C)CC1)C1CC1. The second kappa shape index (κ2) is 7.30. The van der Waals surface area contributed by atoms with Crippen LogP contribution in [0.3, 0.4) is 0 Å². The average molecular weight is 343 g/mol. The van der Waals surface area contributed by atoms with Gasteiger partial charge in [-0.05, 0) is 50.5 Å². The van der Waals surface area contributed by atoms with Crippen LogP contribution >= 0.6 is 0 Å². The Morgan fingerprint density at radius 1 is 1.24 bits per heavy atom. The van der Waals surface area contributed by atoms with Crippen LogP contribution in [0.15, 0.2) is 16.9 Å². The molecule has 2 aliphatic carbocycles. The number of amides is 1. The first-order chi connectivity index (χ1) is 12.0. The number of hydrogen-bond donors (Lipinski definition) is 0. The lowest BCUT2D eigenvalue weighted by Gasteiger charge is -2.36. The van der Waals surface area contributed by atoms with E-state index >= 15 is 0 Å². The Bertz CT molecular complexity index is 737. The van der Waals surface area contributed by atoms with Gasteiger partial charge in [-0.25, -0.2) is 0 Å². The number of aromatic nitrogens is 1. The Morgan fingerprint density at radius 2 is 1.84 bits per heavy atom. The molecular formula is C19H25N3O3. The van der Waals surface area contributed by atoms with E-state index in [1.54, 1.807) is 0 Å². The van der Waals surface area contributed by atoms with Crippen LogP contribution in [-0.2, 0) is 11.3 Å². The number of rotatable bonds is 5. The maximum atomic E-state index is 13.0. The smallest absolute Gasteiger partial charge is 0.253 e. The van der Waals surface area contributed by atoms with Crippen molar-refractivity contribution >= 4 is 5.91 Å². The van der Waals surface area contributed by atoms with E-state index in [2.05, 4.69) is 6.92 Å². The molecule has 0 atom stereocenters. The normalized spacial score (nSPS) is 22.9. The minimum absolute atomic E-state index is 0.0439. The first kappa shape index (κ1) is 17.5. The van der Waals surface area contributed by atoms with Gasteiger partial charge in [-0.1, -0.05) is 6.92 Å². The van der Waals surface area contributed by atoms with Gasteiger partial charge in [0, 0.05) is 18.2 Å². The minimum atomic E-state index is -0.322. The van der Waals surface area contributed by atoms with Gasteiger partial charge in [0.2, 0.25) is 11.8 Å². The lowest BCUT2D eigenvalue weighted by atomic mass is 9.86. The van der Waals surface area contributed by atoms with Gasteiger partial charge in [0.15, 0.2) is 0 Å². The number of pyridine rings is 1. The van der Waals surface area contributed by atoms with Crippen molar-refractivity contribution < 1.29 is 9.53 Å². The number of hydrogen-bond acceptors (Lipinski definition) is 4. The van der Waals surface area contributed by atoms with E-state index in [1.807, 2.05) is 11.0 Å². The fourth-order valence-corrected chi connectivity index (χ4v) is 3.81. The number of methoxy groups -OCH3 is 1. The molecule has 6 heteroatoms. The summed E-state index contributed by atoms with van der Waals surface area (Å²) >= 11 is 0. The van der Waals surface area contributed by atoms with Crippen LogP contribution in [-0.4, -0.2) is 34.6 Å². The van der Waals surface area contributed by atoms with Crippen molar-refractivity contribution in [2.45, 2.75) is 64.1 Å². The highest BCUT2D eigenvalue weighted by molar-refractivity contribution is 5.77. The first-order valence-electron chi connectivity index (χ1n) is 9.04. The van der Waals surface area contributed by atoms with E-state index in [-0.39, 0.29) is 35.5 Å². The first-order valence-corrected chi connectivity index (χ1v) is 9.04. The summed E-state index contributed by atoms with van der Waals surface area (Å²) in [7, 11) is 1.41. The average Bonchev–Trinajstić information content (AvgIpc) is 3.43. The van der Waals surface area contributed by atoms with Gasteiger partial charge in [-0.2, -0.15) is 5.26 Å². The molecule has 0 aromatic carbocycles. The molecule has 0 radical (unpaired) electrons. The summed E-state index contributed by atoms with van der Waals surface area (Å²) in [4.78, 5) is 27.3. The van der Waals surface area contributed by atoms with Crippen LogP contribution < -0.4 is 10.3 Å². The third-order valence-electron chi connectivity index (χ3n) is 5.35. The summed E-state index contributed by atoms with van der Waals surface area (Å²) in [5, 5.41) is 9.19. The molecule has 2 saturated carbocycles. The van der Waals surface area contributed by atoms with E-state index in [9.17, 15) is 14.9 Å². The van der Waals surface area contributed by atoms with Gasteiger partial charge in [0.25, 0.3) is 5.56 Å². The molecule has 1 heterocycles. The zero-order valence-corrected chi connectivity index (χ0v) is 14.9. The lowest BCUT2D eigenvalue weighted by molar-refractivity contribution is -0.135. The van der Waals surface area contributed by atoms with Crippen molar-refractivity contribution in [1.29, 1.82) is 5.26 Å². The van der Waals surface area contributed by atoms with Gasteiger partial charge >= 0.3 is 0 Å². The predicted molar refractivity (Wildman–Crippen MR) is 93.3 cm³/mol. The second-order valence-corrected chi connectivity index (χ2v) is 7.24. The van der Waals surface area contributed by atoms with E-state index in [0.29, 0.717) is 6.04 Å². The summed E-state index contributed by atoms with van der Waals surface area (Å²) in [5.74, 6) is 0.844. The zero-order chi connectivity index (χ0) is 18.0. The van der Waals surface area contributed by atoms with Gasteiger partial charge in [0.05, 0.1) is 7.11 Å². The molecular weight excluding hydrogens is 318 g/mol. The van der Waals surface area contributed by atoms with E-state index in [1.165, 1.54) is 23.8 Å². The molecule has 0 aliphatic heterocycles. The van der Waals surface area contributed by atoms with Crippen molar-refractivity contribution in [3.05, 3.63) is 28.0 Å². The summed E-state index contributed by atoms with van der Waals surface area (Å²) in [6, 6.07) is 5.35. The molecule has 1 aromatic rings. The van der Waals surface area contributed by atoms with Crippen LogP contribution in [0.4, 0.5) is 0 Å². The van der Waals surface area contributed by atoms with Crippen LogP contribution in [0, 0.1) is 17.2 Å². The molecule has 0 saturated heterocycles. The third kappa shape index (κ3) is 3.71. The molecule has 0 unspecified atom stereocenters. The highest BCUT2D eigenvalue weighted by atomic mass is 16.5. The maximum Gasteiger partial charge on any atom is 0.253 e. The third-order valence-corrected chi connectivity index (χ3v) is 5.35. The molecule has 0 bridgehead atoms. The molecule has 134 valence electrons. The fourth-order valence-electron chi connectivity index (χ4n) is 3.81. The molecule has 0 N–H and O–H groups in total. The van der Waals surface area contributed by atoms with Crippen molar-refractivity contribution in [1.82, 2.24) is 9.47 Å². The van der Waals surface area contributed by atoms with E-state index in [0.717, 1.165) is 44.4 Å². The van der Waals surface area contributed by atoms with Crippen LogP contribution in [0.1, 0.15) is 51.0 Å². The largest absolute Gasteiger partial charge is 0.481 e. The lowest BCUT2D eigenvalue weighted by Crippen LogP contribution is -2.46. The number of carbonyl (C=O) groups is 1. The number of nitriles is 1. The molecule has 0 spiro atoms. The molecule has 1 amide bonds. The van der Waals surface area contributed by atoms with Crippen molar-refractivity contribution in [2.75, 3.05) is 7.11 Å². The second-order valence-electron chi connectivity index (χ2n) is 7.24. The molecule has 1 aromatic heterocycles. The van der Waals surface area contributed by atoms with Crippen LogP contribution in [0.2, 0.25) is 0 Å². The molecule has 3 rings (SSSR count). The summed E-state index contributed by atoms with van der Waals surface area (Å²) in [5.41, 5.74) is -0.0587. The molecule has 25 heavy (non-hydrogen) atoms. The summed E-state index contributed by atoms with van der Waals surface area (Å²) in [6.45, 7) is 2.19. The minimum Gasteiger partial charge on any atom is -0.481 e. The topological polar surface area (TPSA) is 75.3 Å². The van der Waals surface area contributed by atoms with Crippen LogP contribution in [0.25, 0.3) is 0 Å². The molecule has 6 nitrogen and oxygen atoms in total. The zero-order valence-electron chi connectivity index (χ0n) is 14.9. The highest BCUT2D eigenvalue weighted by Gasteiger charge is 2.38. The summed E-state index contributed by atoms with van der Waals surface area (Å²) < 4.78 is 6.51. The van der Waals surface area contributed by atoms with E-state index in [4.69, 9.17) is 4.74 Å². The van der Waals surface area contributed by atoms with Crippen LogP contribution in [0.5, 0.6) is 5.88 Å².